The Morgan fingerprint density at radius 2 is 1.80 bits per heavy atom. The molecule has 0 saturated heterocycles. The smallest absolute Gasteiger partial charge is 0.267 e. The molecule has 0 atom stereocenters. The Kier molecular flexibility index (Phi) is 7.41. The number of benzene rings is 2. The van der Waals surface area contributed by atoms with Crippen molar-refractivity contribution in [2.45, 2.75) is 32.6 Å². The molecule has 0 bridgehead atoms. The largest absolute Gasteiger partial charge is 0.272 e. The van der Waals surface area contributed by atoms with E-state index in [1.807, 2.05) is 0 Å². The third-order valence-electron chi connectivity index (χ3n) is 4.59. The van der Waals surface area contributed by atoms with Gasteiger partial charge in [-0.3, -0.25) is 14.9 Å². The summed E-state index contributed by atoms with van der Waals surface area (Å²) in [5.74, 6) is -0.590. The number of nitrogens with one attached hydrogen (secondary N) is 1. The maximum Gasteiger partial charge on any atom is 0.272 e. The minimum atomic E-state index is -3.69. The molecule has 0 aliphatic rings. The first-order valence-corrected chi connectivity index (χ1v) is 10.8. The molecule has 2 rings (SSSR count). The topological polar surface area (TPSA) is 122 Å². The number of nitro benzene ring substituents is 1. The number of nitrogens with zero attached hydrogens (tertiary/aromatic N) is 3. The highest BCUT2D eigenvalue weighted by Crippen LogP contribution is 2.20. The van der Waals surface area contributed by atoms with E-state index >= 15 is 0 Å². The number of hydrogen-bond donors (Lipinski definition) is 1. The van der Waals surface area contributed by atoms with E-state index in [-0.39, 0.29) is 16.1 Å². The first kappa shape index (κ1) is 23.2. The summed E-state index contributed by atoms with van der Waals surface area (Å²) in [7, 11) is -3.69. The van der Waals surface area contributed by atoms with Crippen molar-refractivity contribution in [2.24, 2.45) is 5.10 Å². The zero-order valence-corrected chi connectivity index (χ0v) is 18.1. The Labute approximate surface area is 175 Å². The van der Waals surface area contributed by atoms with Gasteiger partial charge in [-0.1, -0.05) is 32.0 Å². The molecule has 2 aromatic rings. The quantitative estimate of drug-likeness (QED) is 0.390. The Balaban J connectivity index is 2.25. The number of carbonyl (C=O) groups excluding carboxylic acids is 1. The van der Waals surface area contributed by atoms with Gasteiger partial charge in [0.05, 0.1) is 15.5 Å². The lowest BCUT2D eigenvalue weighted by Crippen LogP contribution is -2.30. The molecule has 0 fully saturated rings. The van der Waals surface area contributed by atoms with Crippen LogP contribution in [0.2, 0.25) is 0 Å². The summed E-state index contributed by atoms with van der Waals surface area (Å²) in [6, 6.07) is 10.4. The van der Waals surface area contributed by atoms with E-state index in [1.54, 1.807) is 39.8 Å². The summed E-state index contributed by atoms with van der Waals surface area (Å²) >= 11 is 0. The van der Waals surface area contributed by atoms with Gasteiger partial charge >= 0.3 is 0 Å². The number of amides is 1. The fourth-order valence-electron chi connectivity index (χ4n) is 2.81. The van der Waals surface area contributed by atoms with Crippen molar-refractivity contribution < 1.29 is 18.1 Å². The normalized spacial score (nSPS) is 12.1. The molecule has 1 amide bonds. The van der Waals surface area contributed by atoms with Crippen molar-refractivity contribution in [1.29, 1.82) is 0 Å². The SMILES string of the molecule is CCN(CC)S(=O)(=O)c1cccc(C(=O)NN=C(C)c2ccc(C)c([N+](=O)[O-])c2)c1. The van der Waals surface area contributed by atoms with E-state index < -0.39 is 20.9 Å². The van der Waals surface area contributed by atoms with Gasteiger partial charge in [0, 0.05) is 35.8 Å². The predicted octanol–water partition coefficient (Wildman–Crippen LogP) is 3.09. The first-order valence-electron chi connectivity index (χ1n) is 9.32. The van der Waals surface area contributed by atoms with Crippen molar-refractivity contribution >= 4 is 27.3 Å². The number of aryl methyl sites for hydroxylation is 1. The van der Waals surface area contributed by atoms with Gasteiger partial charge in [-0.2, -0.15) is 9.41 Å². The summed E-state index contributed by atoms with van der Waals surface area (Å²) in [4.78, 5) is 23.1. The summed E-state index contributed by atoms with van der Waals surface area (Å²) < 4.78 is 26.6. The second-order valence-corrected chi connectivity index (χ2v) is 8.45. The number of rotatable bonds is 8. The Morgan fingerprint density at radius 1 is 1.13 bits per heavy atom. The van der Waals surface area contributed by atoms with Crippen LogP contribution < -0.4 is 5.43 Å². The van der Waals surface area contributed by atoms with Crippen LogP contribution in [0.1, 0.15) is 42.3 Å². The second-order valence-electron chi connectivity index (χ2n) is 6.51. The molecule has 9 nitrogen and oxygen atoms in total. The highest BCUT2D eigenvalue weighted by molar-refractivity contribution is 7.89. The summed E-state index contributed by atoms with van der Waals surface area (Å²) in [6.45, 7) is 7.36. The lowest BCUT2D eigenvalue weighted by molar-refractivity contribution is -0.385. The maximum atomic E-state index is 12.6. The van der Waals surface area contributed by atoms with Crippen LogP contribution in [0.25, 0.3) is 0 Å². The average molecular weight is 433 g/mol. The van der Waals surface area contributed by atoms with E-state index in [0.29, 0.717) is 29.9 Å². The van der Waals surface area contributed by atoms with Crippen molar-refractivity contribution in [3.8, 4) is 0 Å². The van der Waals surface area contributed by atoms with Crippen LogP contribution in [-0.2, 0) is 10.0 Å². The molecular weight excluding hydrogens is 408 g/mol. The van der Waals surface area contributed by atoms with Crippen LogP contribution in [0.4, 0.5) is 5.69 Å². The van der Waals surface area contributed by atoms with Gasteiger partial charge in [0.1, 0.15) is 0 Å². The van der Waals surface area contributed by atoms with Crippen LogP contribution in [0.3, 0.4) is 0 Å². The molecule has 10 heteroatoms. The average Bonchev–Trinajstić information content (AvgIpc) is 2.72. The third kappa shape index (κ3) is 5.08. The number of sulfonamides is 1. The molecule has 1 N–H and O–H groups in total. The van der Waals surface area contributed by atoms with E-state index in [0.717, 1.165) is 0 Å². The van der Waals surface area contributed by atoms with E-state index in [2.05, 4.69) is 10.5 Å². The molecule has 30 heavy (non-hydrogen) atoms. The molecular formula is C20H24N4O5S. The fourth-order valence-corrected chi connectivity index (χ4v) is 4.31. The van der Waals surface area contributed by atoms with Crippen molar-refractivity contribution in [3.05, 3.63) is 69.3 Å². The molecule has 0 aromatic heterocycles. The maximum absolute atomic E-state index is 12.6. The van der Waals surface area contributed by atoms with Gasteiger partial charge in [0.2, 0.25) is 10.0 Å². The molecule has 0 unspecified atom stereocenters. The molecule has 2 aromatic carbocycles. The zero-order valence-electron chi connectivity index (χ0n) is 17.2. The predicted molar refractivity (Wildman–Crippen MR) is 114 cm³/mol. The highest BCUT2D eigenvalue weighted by Gasteiger charge is 2.22. The van der Waals surface area contributed by atoms with Gasteiger partial charge in [-0.05, 0) is 32.0 Å². The van der Waals surface area contributed by atoms with Crippen LogP contribution >= 0.6 is 0 Å². The lowest BCUT2D eigenvalue weighted by atomic mass is 10.1. The number of carbonyl (C=O) groups is 1. The van der Waals surface area contributed by atoms with Crippen molar-refractivity contribution in [3.63, 3.8) is 0 Å². The van der Waals surface area contributed by atoms with Crippen molar-refractivity contribution in [2.75, 3.05) is 13.1 Å². The first-order chi connectivity index (χ1) is 14.1. The zero-order chi connectivity index (χ0) is 22.5. The van der Waals surface area contributed by atoms with Crippen LogP contribution in [0.15, 0.2) is 52.5 Å². The minimum Gasteiger partial charge on any atom is -0.267 e. The van der Waals surface area contributed by atoms with Crippen LogP contribution in [0, 0.1) is 17.0 Å². The molecule has 0 spiro atoms. The Hall–Kier alpha value is -3.11. The summed E-state index contributed by atoms with van der Waals surface area (Å²) in [5, 5.41) is 15.1. The Bertz CT molecular complexity index is 1090. The molecule has 0 radical (unpaired) electrons. The summed E-state index contributed by atoms with van der Waals surface area (Å²) in [5.41, 5.74) is 3.85. The van der Waals surface area contributed by atoms with Crippen LogP contribution in [0.5, 0.6) is 0 Å². The minimum absolute atomic E-state index is 0.0220. The van der Waals surface area contributed by atoms with Crippen molar-refractivity contribution in [1.82, 2.24) is 9.73 Å². The molecule has 0 heterocycles. The molecule has 0 saturated carbocycles. The Morgan fingerprint density at radius 3 is 2.40 bits per heavy atom. The van der Waals surface area contributed by atoms with Crippen LogP contribution in [-0.4, -0.2) is 42.4 Å². The van der Waals surface area contributed by atoms with Gasteiger partial charge in [-0.25, -0.2) is 13.8 Å². The van der Waals surface area contributed by atoms with E-state index in [9.17, 15) is 23.3 Å². The standard InChI is InChI=1S/C20H24N4O5S/c1-5-23(6-2)30(28,29)18-9-7-8-17(12-18)20(25)22-21-15(4)16-11-10-14(3)19(13-16)24(26)27/h7-13H,5-6H2,1-4H3,(H,22,25). The third-order valence-corrected chi connectivity index (χ3v) is 6.63. The van der Waals surface area contributed by atoms with Gasteiger partial charge in [0.15, 0.2) is 0 Å². The summed E-state index contributed by atoms with van der Waals surface area (Å²) in [6.07, 6.45) is 0. The molecule has 0 aliphatic heterocycles. The molecule has 160 valence electrons. The monoisotopic (exact) mass is 432 g/mol. The van der Waals surface area contributed by atoms with Gasteiger partial charge in [0.25, 0.3) is 11.6 Å². The lowest BCUT2D eigenvalue weighted by Gasteiger charge is -2.18. The second kappa shape index (κ2) is 9.59. The van der Waals surface area contributed by atoms with E-state index in [4.69, 9.17) is 0 Å². The number of hydrogen-bond acceptors (Lipinski definition) is 6. The van der Waals surface area contributed by atoms with Gasteiger partial charge < -0.3 is 0 Å². The van der Waals surface area contributed by atoms with E-state index in [1.165, 1.54) is 34.6 Å². The fraction of sp³-hybridized carbons (Fsp3) is 0.300. The highest BCUT2D eigenvalue weighted by atomic mass is 32.2. The van der Waals surface area contributed by atoms with Gasteiger partial charge in [-0.15, -0.1) is 0 Å². The number of nitro groups is 1. The number of hydrazone groups is 1. The molecule has 0 aliphatic carbocycles.